The summed E-state index contributed by atoms with van der Waals surface area (Å²) < 4.78 is 21.4. The van der Waals surface area contributed by atoms with Crippen LogP contribution in [-0.4, -0.2) is 41.2 Å². The number of thioether (sulfide) groups is 1. The summed E-state index contributed by atoms with van der Waals surface area (Å²) in [6, 6.07) is 10.5. The summed E-state index contributed by atoms with van der Waals surface area (Å²) in [4.78, 5) is 5.47. The highest BCUT2D eigenvalue weighted by atomic mass is 32.2. The molecule has 1 aromatic carbocycles. The average Bonchev–Trinajstić information content (AvgIpc) is 2.76. The summed E-state index contributed by atoms with van der Waals surface area (Å²) in [5.74, 6) is 1.21. The third-order valence-electron chi connectivity index (χ3n) is 5.26. The number of nitrogens with one attached hydrogen (secondary N) is 1. The molecule has 0 radical (unpaired) electrons. The lowest BCUT2D eigenvalue weighted by molar-refractivity contribution is 0.145. The van der Waals surface area contributed by atoms with Gasteiger partial charge in [0.25, 0.3) is 0 Å². The van der Waals surface area contributed by atoms with Crippen molar-refractivity contribution in [3.63, 3.8) is 0 Å². The van der Waals surface area contributed by atoms with Gasteiger partial charge in [-0.25, -0.2) is 9.38 Å². The van der Waals surface area contributed by atoms with Crippen molar-refractivity contribution >= 4 is 25.9 Å². The van der Waals surface area contributed by atoms with Crippen LogP contribution in [0.3, 0.4) is 0 Å². The second-order valence-corrected chi connectivity index (χ2v) is 11.4. The fourth-order valence-electron chi connectivity index (χ4n) is 3.36. The van der Waals surface area contributed by atoms with Gasteiger partial charge in [-0.2, -0.15) is 11.8 Å². The molecule has 5 nitrogen and oxygen atoms in total. The van der Waals surface area contributed by atoms with Gasteiger partial charge in [-0.15, -0.1) is 0 Å². The van der Waals surface area contributed by atoms with Crippen LogP contribution in [0.5, 0.6) is 0 Å². The van der Waals surface area contributed by atoms with Crippen LogP contribution >= 0.6 is 20.1 Å². The van der Waals surface area contributed by atoms with Crippen molar-refractivity contribution in [2.45, 2.75) is 57.4 Å². The van der Waals surface area contributed by atoms with Crippen molar-refractivity contribution in [3.05, 3.63) is 72.7 Å². The molecule has 1 aliphatic rings. The number of benzene rings is 1. The highest BCUT2D eigenvalue weighted by molar-refractivity contribution is 7.99. The van der Waals surface area contributed by atoms with E-state index in [9.17, 15) is 0 Å². The maximum Gasteiger partial charge on any atom is 0.178 e. The van der Waals surface area contributed by atoms with E-state index in [0.717, 1.165) is 12.6 Å². The van der Waals surface area contributed by atoms with Crippen molar-refractivity contribution in [3.8, 4) is 0 Å². The topological polar surface area (TPSA) is 62.9 Å². The third kappa shape index (κ3) is 9.62. The van der Waals surface area contributed by atoms with E-state index in [1.54, 1.807) is 24.0 Å². The third-order valence-corrected chi connectivity index (χ3v) is 8.04. The fourth-order valence-corrected chi connectivity index (χ4v) is 5.79. The summed E-state index contributed by atoms with van der Waals surface area (Å²) in [6.45, 7) is 15.1. The molecule has 0 saturated carbocycles. The summed E-state index contributed by atoms with van der Waals surface area (Å²) in [5, 5.41) is 3.64. The van der Waals surface area contributed by atoms with Crippen LogP contribution in [-0.2, 0) is 10.7 Å². The van der Waals surface area contributed by atoms with E-state index in [0.29, 0.717) is 30.6 Å². The first-order chi connectivity index (χ1) is 15.7. The van der Waals surface area contributed by atoms with Gasteiger partial charge in [-0.3, -0.25) is 5.09 Å². The van der Waals surface area contributed by atoms with Gasteiger partial charge in [0.15, 0.2) is 6.30 Å². The van der Waals surface area contributed by atoms with Crippen LogP contribution in [0.4, 0.5) is 4.39 Å². The number of halogens is 1. The monoisotopic (exact) mass is 492 g/mol. The highest BCUT2D eigenvalue weighted by Gasteiger charge is 2.25. The maximum absolute atomic E-state index is 15.0. The zero-order chi connectivity index (χ0) is 24.4. The molecule has 0 aromatic heterocycles. The smallest absolute Gasteiger partial charge is 0.178 e. The number of hydrogen-bond acceptors (Lipinski definition) is 6. The van der Waals surface area contributed by atoms with E-state index >= 15 is 4.39 Å². The van der Waals surface area contributed by atoms with Crippen LogP contribution in [0, 0.1) is 5.92 Å². The van der Waals surface area contributed by atoms with Crippen LogP contribution in [0.2, 0.25) is 0 Å². The number of aliphatic imine (C=N–C) groups is 1. The Labute approximate surface area is 204 Å². The van der Waals surface area contributed by atoms with E-state index < -0.39 is 14.6 Å². The first-order valence-corrected chi connectivity index (χ1v) is 14.0. The van der Waals surface area contributed by atoms with Crippen molar-refractivity contribution in [2.24, 2.45) is 16.6 Å². The molecule has 0 saturated heterocycles. The largest absolute Gasteiger partial charge is 0.384 e. The molecule has 0 aliphatic carbocycles. The Morgan fingerprint density at radius 2 is 2.00 bits per heavy atom. The molecular formula is C25H38FN4OPS. The van der Waals surface area contributed by atoms with Gasteiger partial charge in [0.05, 0.1) is 6.61 Å². The molecule has 1 aliphatic heterocycles. The minimum absolute atomic E-state index is 0.0128. The minimum atomic E-state index is -1.25. The van der Waals surface area contributed by atoms with Crippen molar-refractivity contribution in [1.82, 2.24) is 9.99 Å². The van der Waals surface area contributed by atoms with Gasteiger partial charge >= 0.3 is 0 Å². The first-order valence-electron chi connectivity index (χ1n) is 11.2. The summed E-state index contributed by atoms with van der Waals surface area (Å²) in [7, 11) is -0.956. The van der Waals surface area contributed by atoms with Crippen molar-refractivity contribution in [2.75, 3.05) is 12.9 Å². The van der Waals surface area contributed by atoms with Crippen LogP contribution in [0.15, 0.2) is 72.2 Å². The van der Waals surface area contributed by atoms with E-state index in [2.05, 4.69) is 56.1 Å². The zero-order valence-corrected chi connectivity index (χ0v) is 21.9. The van der Waals surface area contributed by atoms with E-state index in [1.807, 2.05) is 24.5 Å². The van der Waals surface area contributed by atoms with E-state index in [4.69, 9.17) is 10.3 Å². The molecular weight excluding hydrogens is 454 g/mol. The lowest BCUT2D eigenvalue weighted by Gasteiger charge is -2.30. The molecule has 4 atom stereocenters. The van der Waals surface area contributed by atoms with E-state index in [1.165, 1.54) is 16.0 Å². The Kier molecular flexibility index (Phi) is 11.6. The number of amidine groups is 1. The zero-order valence-electron chi connectivity index (χ0n) is 20.2. The second kappa shape index (κ2) is 13.9. The summed E-state index contributed by atoms with van der Waals surface area (Å²) in [5.41, 5.74) is 8.06. The average molecular weight is 493 g/mol. The van der Waals surface area contributed by atoms with Crippen LogP contribution in [0.25, 0.3) is 0 Å². The molecule has 0 fully saturated rings. The molecule has 2 rings (SSSR count). The van der Waals surface area contributed by atoms with Gasteiger partial charge in [-0.1, -0.05) is 62.9 Å². The molecule has 1 heterocycles. The molecule has 8 heteroatoms. The second-order valence-electron chi connectivity index (χ2n) is 8.63. The number of hydrogen-bond donors (Lipinski definition) is 2. The fraction of sp³-hybridized carbons (Fsp3) is 0.480. The summed E-state index contributed by atoms with van der Waals surface area (Å²) >= 11 is 1.61. The Hall–Kier alpha value is -1.66. The van der Waals surface area contributed by atoms with Crippen LogP contribution in [0.1, 0.15) is 39.2 Å². The predicted octanol–water partition coefficient (Wildman–Crippen LogP) is 6.17. The molecule has 4 unspecified atom stereocenters. The quantitative estimate of drug-likeness (QED) is 0.185. The molecule has 33 heavy (non-hydrogen) atoms. The van der Waals surface area contributed by atoms with Gasteiger partial charge in [0.1, 0.15) is 20.0 Å². The molecule has 0 amide bonds. The Balaban J connectivity index is 1.99. The van der Waals surface area contributed by atoms with Gasteiger partial charge in [-0.05, 0) is 37.2 Å². The number of nitrogens with two attached hydrogens (primary N) is 1. The molecule has 0 spiro atoms. The number of alkyl halides is 1. The lowest BCUT2D eigenvalue weighted by Crippen LogP contribution is -2.33. The molecule has 0 bridgehead atoms. The Bertz CT molecular complexity index is 833. The highest BCUT2D eigenvalue weighted by Crippen LogP contribution is 2.39. The molecule has 182 valence electrons. The van der Waals surface area contributed by atoms with Gasteiger partial charge in [0.2, 0.25) is 0 Å². The van der Waals surface area contributed by atoms with Crippen LogP contribution < -0.4 is 10.8 Å². The van der Waals surface area contributed by atoms with Gasteiger partial charge < -0.3 is 15.2 Å². The Morgan fingerprint density at radius 1 is 1.30 bits per heavy atom. The molecule has 1 aromatic rings. The lowest BCUT2D eigenvalue weighted by atomic mass is 10.0. The normalized spacial score (nSPS) is 17.6. The van der Waals surface area contributed by atoms with Crippen molar-refractivity contribution < 1.29 is 8.91 Å². The standard InChI is InChI=1S/C25H38FN4OPS/c1-18(2)14-19(3)20(4)29-32(17-22-10-8-7-9-11-22)31-16-23(33-6)15-24(26)30-13-12-25(27)28-21(30)5/h7-13,18,20,23-24,29H,3,5,14-17H2,1-2,4,6H3,(H2,27,28). The first kappa shape index (κ1) is 27.6. The number of rotatable bonds is 14. The van der Waals surface area contributed by atoms with E-state index in [-0.39, 0.29) is 11.3 Å². The van der Waals surface area contributed by atoms with Crippen molar-refractivity contribution in [1.29, 1.82) is 0 Å². The maximum atomic E-state index is 15.0. The summed E-state index contributed by atoms with van der Waals surface area (Å²) in [6.07, 6.45) is 5.97. The predicted molar refractivity (Wildman–Crippen MR) is 143 cm³/mol. The molecule has 3 N–H and O–H groups in total. The van der Waals surface area contributed by atoms with Gasteiger partial charge in [0, 0.05) is 30.1 Å². The number of nitrogens with zero attached hydrogens (tertiary/aromatic N) is 2. The Morgan fingerprint density at radius 3 is 2.61 bits per heavy atom. The SMILES string of the molecule is C=C(CC(C)C)C(C)NP(Cc1ccccc1)OCC(CC(F)N1C=CC(N)=NC1=C)SC. The minimum Gasteiger partial charge on any atom is -0.384 e.